The van der Waals surface area contributed by atoms with Crippen LogP contribution in [-0.4, -0.2) is 17.1 Å². The highest BCUT2D eigenvalue weighted by Gasteiger charge is 1.87. The first-order valence-corrected chi connectivity index (χ1v) is 6.18. The lowest BCUT2D eigenvalue weighted by Gasteiger charge is -1.96. The SMILES string of the molecule is C[S+](C)[O-].Cc1cc(C)cc(C)c1. The van der Waals surface area contributed by atoms with Crippen molar-refractivity contribution in [2.24, 2.45) is 0 Å². The van der Waals surface area contributed by atoms with Crippen molar-refractivity contribution < 1.29 is 4.55 Å². The van der Waals surface area contributed by atoms with E-state index in [9.17, 15) is 4.55 Å². The molecule has 1 aromatic rings. The van der Waals surface area contributed by atoms with E-state index in [-0.39, 0.29) is 0 Å². The van der Waals surface area contributed by atoms with Crippen molar-refractivity contribution in [3.63, 3.8) is 0 Å². The highest BCUT2D eigenvalue weighted by atomic mass is 32.2. The van der Waals surface area contributed by atoms with Crippen LogP contribution in [0.2, 0.25) is 0 Å². The van der Waals surface area contributed by atoms with Gasteiger partial charge in [-0.3, -0.25) is 0 Å². The van der Waals surface area contributed by atoms with Crippen LogP contribution < -0.4 is 0 Å². The van der Waals surface area contributed by atoms with Crippen molar-refractivity contribution in [3.8, 4) is 0 Å². The average molecular weight is 198 g/mol. The van der Waals surface area contributed by atoms with Crippen LogP contribution in [0.25, 0.3) is 0 Å². The number of aryl methyl sites for hydroxylation is 3. The van der Waals surface area contributed by atoms with Gasteiger partial charge in [0.25, 0.3) is 0 Å². The molecule has 0 saturated carbocycles. The zero-order chi connectivity index (χ0) is 10.4. The monoisotopic (exact) mass is 198 g/mol. The molecule has 0 aliphatic rings. The molecular weight excluding hydrogens is 180 g/mol. The van der Waals surface area contributed by atoms with Gasteiger partial charge in [-0.1, -0.05) is 46.1 Å². The second-order valence-corrected chi connectivity index (χ2v) is 4.89. The zero-order valence-electron chi connectivity index (χ0n) is 9.05. The zero-order valence-corrected chi connectivity index (χ0v) is 9.87. The maximum absolute atomic E-state index is 9.56. The van der Waals surface area contributed by atoms with Gasteiger partial charge < -0.3 is 4.55 Å². The minimum atomic E-state index is -0.611. The molecule has 0 fully saturated rings. The van der Waals surface area contributed by atoms with Crippen molar-refractivity contribution >= 4 is 11.2 Å². The Morgan fingerprint density at radius 1 is 0.846 bits per heavy atom. The Morgan fingerprint density at radius 3 is 1.15 bits per heavy atom. The highest BCUT2D eigenvalue weighted by Crippen LogP contribution is 2.06. The smallest absolute Gasteiger partial charge is 0.0946 e. The number of hydrogen-bond acceptors (Lipinski definition) is 1. The summed E-state index contributed by atoms with van der Waals surface area (Å²) in [6.45, 7) is 6.38. The molecule has 2 heteroatoms. The van der Waals surface area contributed by atoms with Gasteiger partial charge >= 0.3 is 0 Å². The van der Waals surface area contributed by atoms with Gasteiger partial charge in [0, 0.05) is 0 Å². The minimum absolute atomic E-state index is 0.611. The molecule has 0 heterocycles. The van der Waals surface area contributed by atoms with Crippen LogP contribution in [0.3, 0.4) is 0 Å². The first-order valence-electron chi connectivity index (χ1n) is 4.22. The van der Waals surface area contributed by atoms with Crippen LogP contribution in [-0.2, 0) is 11.2 Å². The lowest BCUT2D eigenvalue weighted by Crippen LogP contribution is -1.86. The largest absolute Gasteiger partial charge is 0.617 e. The van der Waals surface area contributed by atoms with Gasteiger partial charge in [-0.2, -0.15) is 0 Å². The summed E-state index contributed by atoms with van der Waals surface area (Å²) >= 11 is -0.611. The van der Waals surface area contributed by atoms with E-state index >= 15 is 0 Å². The van der Waals surface area contributed by atoms with Gasteiger partial charge in [0.15, 0.2) is 0 Å². The Labute approximate surface area is 84.4 Å². The van der Waals surface area contributed by atoms with Crippen LogP contribution in [0.4, 0.5) is 0 Å². The van der Waals surface area contributed by atoms with Crippen LogP contribution in [0.5, 0.6) is 0 Å². The predicted octanol–water partition coefficient (Wildman–Crippen LogP) is 2.61. The molecule has 0 saturated heterocycles. The molecule has 0 aromatic heterocycles. The van der Waals surface area contributed by atoms with Gasteiger partial charge in [-0.15, -0.1) is 0 Å². The topological polar surface area (TPSA) is 23.1 Å². The first kappa shape index (κ1) is 12.5. The third-order valence-electron chi connectivity index (χ3n) is 1.37. The summed E-state index contributed by atoms with van der Waals surface area (Å²) < 4.78 is 9.56. The predicted molar refractivity (Wildman–Crippen MR) is 60.6 cm³/mol. The van der Waals surface area contributed by atoms with E-state index in [1.165, 1.54) is 16.7 Å². The molecule has 1 nitrogen and oxygen atoms in total. The molecular formula is C11H18OS. The van der Waals surface area contributed by atoms with Crippen LogP contribution in [0.1, 0.15) is 16.7 Å². The van der Waals surface area contributed by atoms with E-state index in [4.69, 9.17) is 0 Å². The summed E-state index contributed by atoms with van der Waals surface area (Å²) in [5.74, 6) is 0. The van der Waals surface area contributed by atoms with Gasteiger partial charge in [0.2, 0.25) is 0 Å². The number of benzene rings is 1. The molecule has 0 bridgehead atoms. The third kappa shape index (κ3) is 7.88. The summed E-state index contributed by atoms with van der Waals surface area (Å²) in [5.41, 5.74) is 4.06. The van der Waals surface area contributed by atoms with E-state index in [1.807, 2.05) is 0 Å². The summed E-state index contributed by atoms with van der Waals surface area (Å²) in [6.07, 6.45) is 3.28. The normalized spacial score (nSPS) is 9.46. The van der Waals surface area contributed by atoms with Crippen molar-refractivity contribution in [1.29, 1.82) is 0 Å². The first-order chi connectivity index (χ1) is 5.91. The van der Waals surface area contributed by atoms with Crippen LogP contribution in [0.15, 0.2) is 18.2 Å². The molecule has 0 radical (unpaired) electrons. The van der Waals surface area contributed by atoms with Crippen molar-refractivity contribution in [2.45, 2.75) is 20.8 Å². The Bertz CT molecular complexity index is 203. The molecule has 0 spiro atoms. The molecule has 0 aliphatic heterocycles. The van der Waals surface area contributed by atoms with Crippen LogP contribution >= 0.6 is 0 Å². The number of hydrogen-bond donors (Lipinski definition) is 0. The maximum Gasteiger partial charge on any atom is 0.0946 e. The van der Waals surface area contributed by atoms with Crippen molar-refractivity contribution in [2.75, 3.05) is 12.5 Å². The molecule has 1 rings (SSSR count). The molecule has 74 valence electrons. The molecule has 0 atom stereocenters. The second-order valence-electron chi connectivity index (χ2n) is 3.41. The minimum Gasteiger partial charge on any atom is -0.617 e. The van der Waals surface area contributed by atoms with Crippen molar-refractivity contribution in [1.82, 2.24) is 0 Å². The van der Waals surface area contributed by atoms with E-state index in [2.05, 4.69) is 39.0 Å². The lowest BCUT2D eigenvalue weighted by atomic mass is 10.1. The molecule has 0 aliphatic carbocycles. The summed E-state index contributed by atoms with van der Waals surface area (Å²) in [7, 11) is 0. The van der Waals surface area contributed by atoms with Gasteiger partial charge in [-0.05, 0) is 20.8 Å². The van der Waals surface area contributed by atoms with E-state index in [0.717, 1.165) is 0 Å². The quantitative estimate of drug-likeness (QED) is 0.588. The molecule has 1 aromatic carbocycles. The Kier molecular flexibility index (Phi) is 5.84. The third-order valence-corrected chi connectivity index (χ3v) is 1.37. The molecule has 0 N–H and O–H groups in total. The second kappa shape index (κ2) is 6.06. The van der Waals surface area contributed by atoms with Crippen molar-refractivity contribution in [3.05, 3.63) is 34.9 Å². The Hall–Kier alpha value is -0.470. The highest BCUT2D eigenvalue weighted by molar-refractivity contribution is 7.89. The van der Waals surface area contributed by atoms with Gasteiger partial charge in [0.1, 0.15) is 0 Å². The Balaban J connectivity index is 0.000000310. The van der Waals surface area contributed by atoms with Gasteiger partial charge in [-0.25, -0.2) is 0 Å². The molecule has 0 amide bonds. The molecule has 13 heavy (non-hydrogen) atoms. The average Bonchev–Trinajstić information content (AvgIpc) is 1.80. The lowest BCUT2D eigenvalue weighted by molar-refractivity contribution is 0.606. The standard InChI is InChI=1S/C9H12.C2H6OS/c1-7-4-8(2)6-9(3)5-7;1-4(2)3/h4-6H,1-3H3;1-2H3. The fraction of sp³-hybridized carbons (Fsp3) is 0.455. The van der Waals surface area contributed by atoms with Gasteiger partial charge in [0.05, 0.1) is 12.5 Å². The molecule has 0 unspecified atom stereocenters. The van der Waals surface area contributed by atoms with E-state index in [0.29, 0.717) is 0 Å². The van der Waals surface area contributed by atoms with Crippen LogP contribution in [0, 0.1) is 20.8 Å². The number of rotatable bonds is 0. The maximum atomic E-state index is 9.56. The fourth-order valence-electron chi connectivity index (χ4n) is 1.20. The van der Waals surface area contributed by atoms with E-state index < -0.39 is 11.2 Å². The van der Waals surface area contributed by atoms with E-state index in [1.54, 1.807) is 12.5 Å². The Morgan fingerprint density at radius 2 is 1.00 bits per heavy atom. The fourth-order valence-corrected chi connectivity index (χ4v) is 1.20. The summed E-state index contributed by atoms with van der Waals surface area (Å²) in [6, 6.07) is 6.56. The summed E-state index contributed by atoms with van der Waals surface area (Å²) in [5, 5.41) is 0. The summed E-state index contributed by atoms with van der Waals surface area (Å²) in [4.78, 5) is 0.